The Labute approximate surface area is 195 Å². The molecule has 6 nitrogen and oxygen atoms in total. The van der Waals surface area contributed by atoms with Crippen LogP contribution in [0.1, 0.15) is 69.2 Å². The number of anilines is 1. The van der Waals surface area contributed by atoms with Gasteiger partial charge in [0.25, 0.3) is 10.0 Å². The SMILES string of the molecule is CC(C)c1cc(Cl)c(NS(=O)(=O)c2cc(I)cc(C(C)O)c2)c(C(C)C)c1N=C=O. The van der Waals surface area contributed by atoms with Gasteiger partial charge in [0.2, 0.25) is 6.08 Å². The van der Waals surface area contributed by atoms with Gasteiger partial charge in [-0.3, -0.25) is 4.72 Å². The van der Waals surface area contributed by atoms with E-state index in [-0.39, 0.29) is 27.4 Å². The molecule has 2 aromatic rings. The number of hydrogen-bond acceptors (Lipinski definition) is 5. The van der Waals surface area contributed by atoms with Gasteiger partial charge in [-0.1, -0.05) is 39.3 Å². The highest BCUT2D eigenvalue weighted by Crippen LogP contribution is 2.44. The Balaban J connectivity index is 2.73. The fourth-order valence-electron chi connectivity index (χ4n) is 3.13. The molecular weight excluding hydrogens is 539 g/mol. The normalized spacial score (nSPS) is 12.7. The van der Waals surface area contributed by atoms with Gasteiger partial charge < -0.3 is 5.11 Å². The second-order valence-electron chi connectivity index (χ2n) is 7.60. The summed E-state index contributed by atoms with van der Waals surface area (Å²) in [6, 6.07) is 6.27. The van der Waals surface area contributed by atoms with Crippen LogP contribution in [0.25, 0.3) is 0 Å². The van der Waals surface area contributed by atoms with Gasteiger partial charge in [0, 0.05) is 9.13 Å². The zero-order valence-electron chi connectivity index (χ0n) is 17.3. The van der Waals surface area contributed by atoms with E-state index < -0.39 is 16.1 Å². The van der Waals surface area contributed by atoms with Crippen LogP contribution in [0.4, 0.5) is 11.4 Å². The number of benzene rings is 2. The molecule has 0 radical (unpaired) electrons. The summed E-state index contributed by atoms with van der Waals surface area (Å²) < 4.78 is 29.6. The number of aliphatic hydroxyl groups excluding tert-OH is 1. The number of halogens is 2. The summed E-state index contributed by atoms with van der Waals surface area (Å²) in [4.78, 5) is 15.0. The quantitative estimate of drug-likeness (QED) is 0.245. The molecule has 0 bridgehead atoms. The molecule has 0 aliphatic carbocycles. The highest BCUT2D eigenvalue weighted by Gasteiger charge is 2.25. The minimum atomic E-state index is -4.03. The maximum absolute atomic E-state index is 13.2. The van der Waals surface area contributed by atoms with Crippen LogP contribution >= 0.6 is 34.2 Å². The van der Waals surface area contributed by atoms with E-state index in [4.69, 9.17) is 11.6 Å². The van der Waals surface area contributed by atoms with Gasteiger partial charge >= 0.3 is 0 Å². The minimum Gasteiger partial charge on any atom is -0.389 e. The third-order valence-electron chi connectivity index (χ3n) is 4.60. The van der Waals surface area contributed by atoms with E-state index in [1.54, 1.807) is 25.1 Å². The Morgan fingerprint density at radius 2 is 1.73 bits per heavy atom. The summed E-state index contributed by atoms with van der Waals surface area (Å²) in [5, 5.41) is 10.1. The number of rotatable bonds is 7. The molecule has 1 unspecified atom stereocenters. The number of aliphatic hydroxyl groups is 1. The van der Waals surface area contributed by atoms with Crippen LogP contribution in [0.3, 0.4) is 0 Å². The summed E-state index contributed by atoms with van der Waals surface area (Å²) >= 11 is 8.49. The fraction of sp³-hybridized carbons (Fsp3) is 0.381. The van der Waals surface area contributed by atoms with Crippen molar-refractivity contribution in [1.82, 2.24) is 0 Å². The van der Waals surface area contributed by atoms with E-state index in [0.29, 0.717) is 20.4 Å². The van der Waals surface area contributed by atoms with Crippen molar-refractivity contribution in [3.05, 3.63) is 49.5 Å². The average Bonchev–Trinajstić information content (AvgIpc) is 2.63. The smallest absolute Gasteiger partial charge is 0.261 e. The molecule has 162 valence electrons. The molecule has 30 heavy (non-hydrogen) atoms. The van der Waals surface area contributed by atoms with Crippen molar-refractivity contribution in [1.29, 1.82) is 0 Å². The standard InChI is InChI=1S/C21H24ClIN2O4S/c1-11(2)17-9-18(22)21(19(12(3)4)20(17)24-10-26)25-30(28,29)16-7-14(13(5)27)6-15(23)8-16/h6-9,11-13,25,27H,1-5H3. The van der Waals surface area contributed by atoms with Crippen molar-refractivity contribution < 1.29 is 18.3 Å². The first-order valence-corrected chi connectivity index (χ1v) is 12.3. The highest BCUT2D eigenvalue weighted by molar-refractivity contribution is 14.1. The highest BCUT2D eigenvalue weighted by atomic mass is 127. The van der Waals surface area contributed by atoms with Crippen molar-refractivity contribution >= 4 is 61.7 Å². The third kappa shape index (κ3) is 5.42. The van der Waals surface area contributed by atoms with Gasteiger partial charge in [0.1, 0.15) is 0 Å². The lowest BCUT2D eigenvalue weighted by Crippen LogP contribution is -2.16. The Hall–Kier alpha value is -1.45. The Kier molecular flexibility index (Phi) is 8.09. The molecule has 9 heteroatoms. The van der Waals surface area contributed by atoms with Gasteiger partial charge in [0.05, 0.1) is 27.4 Å². The van der Waals surface area contributed by atoms with Crippen LogP contribution in [0.15, 0.2) is 34.2 Å². The predicted octanol–water partition coefficient (Wildman–Crippen LogP) is 6.01. The lowest BCUT2D eigenvalue weighted by molar-refractivity contribution is 0.199. The first-order valence-electron chi connectivity index (χ1n) is 9.34. The van der Waals surface area contributed by atoms with Crippen molar-refractivity contribution in [2.75, 3.05) is 4.72 Å². The second kappa shape index (κ2) is 9.78. The molecular formula is C21H24ClIN2O4S. The zero-order chi connectivity index (χ0) is 22.8. The van der Waals surface area contributed by atoms with E-state index >= 15 is 0 Å². The average molecular weight is 563 g/mol. The van der Waals surface area contributed by atoms with Crippen molar-refractivity contribution in [2.24, 2.45) is 4.99 Å². The molecule has 0 saturated carbocycles. The molecule has 0 aliphatic heterocycles. The maximum Gasteiger partial charge on any atom is 0.261 e. The summed E-state index contributed by atoms with van der Waals surface area (Å²) in [5.74, 6) is -0.156. The summed E-state index contributed by atoms with van der Waals surface area (Å²) in [7, 11) is -4.03. The molecule has 0 amide bonds. The Bertz CT molecular complexity index is 1110. The number of isocyanates is 1. The van der Waals surface area contributed by atoms with Crippen molar-refractivity contribution in [2.45, 2.75) is 57.5 Å². The molecule has 0 fully saturated rings. The lowest BCUT2D eigenvalue weighted by atomic mass is 9.91. The van der Waals surface area contributed by atoms with E-state index in [1.807, 2.05) is 50.3 Å². The van der Waals surface area contributed by atoms with Crippen LogP contribution in [-0.2, 0) is 14.8 Å². The largest absolute Gasteiger partial charge is 0.389 e. The number of carbonyl (C=O) groups excluding carboxylic acids is 1. The van der Waals surface area contributed by atoms with Gasteiger partial charge in [-0.05, 0) is 76.7 Å². The first kappa shape index (κ1) is 24.8. The molecule has 2 aromatic carbocycles. The summed E-state index contributed by atoms with van der Waals surface area (Å²) in [5.41, 5.74) is 2.31. The van der Waals surface area contributed by atoms with Gasteiger partial charge in [-0.15, -0.1) is 0 Å². The molecule has 1 atom stereocenters. The Morgan fingerprint density at radius 3 is 2.23 bits per heavy atom. The predicted molar refractivity (Wildman–Crippen MR) is 128 cm³/mol. The van der Waals surface area contributed by atoms with Crippen LogP contribution < -0.4 is 4.72 Å². The van der Waals surface area contributed by atoms with Gasteiger partial charge in [-0.25, -0.2) is 13.2 Å². The van der Waals surface area contributed by atoms with E-state index in [9.17, 15) is 18.3 Å². The number of sulfonamides is 1. The van der Waals surface area contributed by atoms with Crippen LogP contribution in [0.2, 0.25) is 5.02 Å². The molecule has 2 N–H and O–H groups in total. The molecule has 0 aliphatic rings. The van der Waals surface area contributed by atoms with E-state index in [0.717, 1.165) is 5.56 Å². The molecule has 0 aromatic heterocycles. The first-order chi connectivity index (χ1) is 13.9. The molecule has 0 spiro atoms. The van der Waals surface area contributed by atoms with Gasteiger partial charge in [-0.2, -0.15) is 4.99 Å². The Morgan fingerprint density at radius 1 is 1.10 bits per heavy atom. The maximum atomic E-state index is 13.2. The summed E-state index contributed by atoms with van der Waals surface area (Å²) in [6.45, 7) is 9.18. The van der Waals surface area contributed by atoms with Crippen LogP contribution in [0, 0.1) is 3.57 Å². The number of aliphatic imine (C=N–C) groups is 1. The van der Waals surface area contributed by atoms with Crippen molar-refractivity contribution in [3.63, 3.8) is 0 Å². The number of nitrogens with one attached hydrogen (secondary N) is 1. The van der Waals surface area contributed by atoms with E-state index in [1.165, 1.54) is 12.1 Å². The fourth-order valence-corrected chi connectivity index (χ4v) is 5.54. The second-order valence-corrected chi connectivity index (χ2v) is 10.9. The van der Waals surface area contributed by atoms with Crippen LogP contribution in [0.5, 0.6) is 0 Å². The number of nitrogens with zero attached hydrogens (tertiary/aromatic N) is 1. The summed E-state index contributed by atoms with van der Waals surface area (Å²) in [6.07, 6.45) is 0.752. The monoisotopic (exact) mass is 562 g/mol. The third-order valence-corrected chi connectivity index (χ3v) is 6.85. The minimum absolute atomic E-state index is 0.00412. The van der Waals surface area contributed by atoms with Crippen LogP contribution in [-0.4, -0.2) is 19.6 Å². The van der Waals surface area contributed by atoms with Crippen molar-refractivity contribution in [3.8, 4) is 0 Å². The lowest BCUT2D eigenvalue weighted by Gasteiger charge is -2.22. The van der Waals surface area contributed by atoms with E-state index in [2.05, 4.69) is 9.71 Å². The zero-order valence-corrected chi connectivity index (χ0v) is 21.1. The number of hydrogen-bond donors (Lipinski definition) is 2. The van der Waals surface area contributed by atoms with Gasteiger partial charge in [0.15, 0.2) is 0 Å². The molecule has 0 saturated heterocycles. The molecule has 2 rings (SSSR count). The molecule has 0 heterocycles. The topological polar surface area (TPSA) is 95.8 Å².